The van der Waals surface area contributed by atoms with Gasteiger partial charge in [-0.25, -0.2) is 13.8 Å². The van der Waals surface area contributed by atoms with E-state index in [1.54, 1.807) is 18.0 Å². The van der Waals surface area contributed by atoms with Gasteiger partial charge in [0, 0.05) is 13.6 Å². The van der Waals surface area contributed by atoms with Crippen LogP contribution in [0.2, 0.25) is 0 Å². The molecule has 0 aliphatic heterocycles. The number of pyridine rings is 1. The maximum atomic E-state index is 13.6. The molecular formula is C17H19F2N3O. The van der Waals surface area contributed by atoms with Gasteiger partial charge in [-0.05, 0) is 30.7 Å². The number of carbonyl (C=O) groups is 1. The smallest absolute Gasteiger partial charge is 0.272 e. The highest BCUT2D eigenvalue weighted by atomic mass is 19.1. The monoisotopic (exact) mass is 319 g/mol. The van der Waals surface area contributed by atoms with Crippen LogP contribution >= 0.6 is 0 Å². The fraction of sp³-hybridized carbons (Fsp3) is 0.294. The van der Waals surface area contributed by atoms with Gasteiger partial charge in [-0.1, -0.05) is 19.4 Å². The quantitative estimate of drug-likeness (QED) is 0.876. The van der Waals surface area contributed by atoms with Crippen molar-refractivity contribution in [1.82, 2.24) is 9.88 Å². The second kappa shape index (κ2) is 7.67. The van der Waals surface area contributed by atoms with Crippen LogP contribution in [0.4, 0.5) is 20.2 Å². The van der Waals surface area contributed by atoms with Gasteiger partial charge in [0.1, 0.15) is 23.0 Å². The van der Waals surface area contributed by atoms with Gasteiger partial charge < -0.3 is 10.2 Å². The van der Waals surface area contributed by atoms with Crippen LogP contribution < -0.4 is 5.32 Å². The molecule has 6 heteroatoms. The first kappa shape index (κ1) is 16.9. The van der Waals surface area contributed by atoms with E-state index in [0.29, 0.717) is 17.9 Å². The first-order chi connectivity index (χ1) is 11.0. The molecule has 2 aromatic rings. The van der Waals surface area contributed by atoms with Crippen molar-refractivity contribution in [3.05, 3.63) is 53.9 Å². The van der Waals surface area contributed by atoms with E-state index in [-0.39, 0.29) is 11.6 Å². The molecule has 0 unspecified atom stereocenters. The summed E-state index contributed by atoms with van der Waals surface area (Å²) >= 11 is 0. The van der Waals surface area contributed by atoms with Gasteiger partial charge in [0.05, 0.1) is 11.9 Å². The van der Waals surface area contributed by atoms with E-state index in [2.05, 4.69) is 17.2 Å². The number of nitrogens with zero attached hydrogens (tertiary/aromatic N) is 2. The molecule has 1 aromatic heterocycles. The Morgan fingerprint density at radius 2 is 1.91 bits per heavy atom. The number of amides is 1. The number of unbranched alkanes of at least 4 members (excludes halogenated alkanes) is 1. The lowest BCUT2D eigenvalue weighted by molar-refractivity contribution is 0.0787. The molecule has 0 saturated carbocycles. The zero-order valence-corrected chi connectivity index (χ0v) is 13.1. The number of benzene rings is 1. The number of hydrogen-bond acceptors (Lipinski definition) is 3. The molecule has 1 heterocycles. The Bertz CT molecular complexity index is 654. The van der Waals surface area contributed by atoms with Crippen LogP contribution in [0.15, 0.2) is 36.5 Å². The van der Waals surface area contributed by atoms with E-state index >= 15 is 0 Å². The third-order valence-corrected chi connectivity index (χ3v) is 3.41. The Kier molecular flexibility index (Phi) is 5.62. The van der Waals surface area contributed by atoms with Crippen LogP contribution in [0.25, 0.3) is 0 Å². The topological polar surface area (TPSA) is 45.2 Å². The maximum absolute atomic E-state index is 13.6. The van der Waals surface area contributed by atoms with Gasteiger partial charge in [0.2, 0.25) is 0 Å². The maximum Gasteiger partial charge on any atom is 0.272 e. The summed E-state index contributed by atoms with van der Waals surface area (Å²) in [7, 11) is 1.72. The number of anilines is 2. The van der Waals surface area contributed by atoms with Crippen molar-refractivity contribution in [2.45, 2.75) is 19.8 Å². The lowest BCUT2D eigenvalue weighted by Crippen LogP contribution is -2.28. The van der Waals surface area contributed by atoms with Crippen LogP contribution in [0.3, 0.4) is 0 Å². The molecule has 23 heavy (non-hydrogen) atoms. The Morgan fingerprint density at radius 1 is 1.22 bits per heavy atom. The van der Waals surface area contributed by atoms with Crippen molar-refractivity contribution in [3.8, 4) is 0 Å². The number of hydrogen-bond donors (Lipinski definition) is 1. The highest BCUT2D eigenvalue weighted by Gasteiger charge is 2.13. The SMILES string of the molecule is CCCCN(C)C(=O)c1ccc(Nc2c(F)cccc2F)cn1. The average Bonchev–Trinajstić information content (AvgIpc) is 2.56. The number of halogens is 2. The normalized spacial score (nSPS) is 10.4. The summed E-state index contributed by atoms with van der Waals surface area (Å²) in [6.07, 6.45) is 3.31. The van der Waals surface area contributed by atoms with Crippen molar-refractivity contribution in [2.24, 2.45) is 0 Å². The average molecular weight is 319 g/mol. The molecule has 1 N–H and O–H groups in total. The molecule has 0 bridgehead atoms. The molecule has 2 rings (SSSR count). The van der Waals surface area contributed by atoms with E-state index in [1.807, 2.05) is 0 Å². The highest BCUT2D eigenvalue weighted by molar-refractivity contribution is 5.92. The molecule has 0 aliphatic carbocycles. The fourth-order valence-electron chi connectivity index (χ4n) is 2.05. The van der Waals surface area contributed by atoms with E-state index < -0.39 is 11.6 Å². The van der Waals surface area contributed by atoms with Gasteiger partial charge in [-0.15, -0.1) is 0 Å². The second-order valence-corrected chi connectivity index (χ2v) is 5.23. The molecule has 122 valence electrons. The van der Waals surface area contributed by atoms with Gasteiger partial charge in [-0.2, -0.15) is 0 Å². The Morgan fingerprint density at radius 3 is 2.48 bits per heavy atom. The highest BCUT2D eigenvalue weighted by Crippen LogP contribution is 2.22. The van der Waals surface area contributed by atoms with Gasteiger partial charge in [-0.3, -0.25) is 4.79 Å². The van der Waals surface area contributed by atoms with Crippen molar-refractivity contribution >= 4 is 17.3 Å². The number of carbonyl (C=O) groups excluding carboxylic acids is 1. The van der Waals surface area contributed by atoms with Crippen molar-refractivity contribution in [2.75, 3.05) is 18.9 Å². The number of para-hydroxylation sites is 1. The molecule has 1 amide bonds. The van der Waals surface area contributed by atoms with Crippen molar-refractivity contribution < 1.29 is 13.6 Å². The van der Waals surface area contributed by atoms with Crippen LogP contribution in [0.1, 0.15) is 30.3 Å². The largest absolute Gasteiger partial charge is 0.349 e. The Hall–Kier alpha value is -2.50. The van der Waals surface area contributed by atoms with Crippen molar-refractivity contribution in [1.29, 1.82) is 0 Å². The predicted octanol–water partition coefficient (Wildman–Crippen LogP) is 3.98. The Labute approximate surface area is 134 Å². The van der Waals surface area contributed by atoms with Gasteiger partial charge in [0.25, 0.3) is 5.91 Å². The summed E-state index contributed by atoms with van der Waals surface area (Å²) in [5.74, 6) is -1.56. The molecule has 4 nitrogen and oxygen atoms in total. The molecule has 0 fully saturated rings. The fourth-order valence-corrected chi connectivity index (χ4v) is 2.05. The minimum atomic E-state index is -0.690. The van der Waals surface area contributed by atoms with E-state index in [0.717, 1.165) is 12.8 Å². The van der Waals surface area contributed by atoms with E-state index in [4.69, 9.17) is 0 Å². The molecule has 1 aromatic carbocycles. The van der Waals surface area contributed by atoms with Crippen LogP contribution in [0.5, 0.6) is 0 Å². The van der Waals surface area contributed by atoms with Gasteiger partial charge >= 0.3 is 0 Å². The predicted molar refractivity (Wildman–Crippen MR) is 85.7 cm³/mol. The summed E-state index contributed by atoms with van der Waals surface area (Å²) < 4.78 is 27.2. The summed E-state index contributed by atoms with van der Waals surface area (Å²) in [5, 5.41) is 2.63. The third kappa shape index (κ3) is 4.25. The standard InChI is InChI=1S/C17H19F2N3O/c1-3-4-10-22(2)17(23)15-9-8-12(11-20-15)21-16-13(18)6-5-7-14(16)19/h5-9,11,21H,3-4,10H2,1-2H3. The first-order valence-electron chi connectivity index (χ1n) is 7.45. The molecule has 0 atom stereocenters. The summed E-state index contributed by atoms with van der Waals surface area (Å²) in [6.45, 7) is 2.72. The van der Waals surface area contributed by atoms with E-state index in [9.17, 15) is 13.6 Å². The minimum Gasteiger partial charge on any atom is -0.349 e. The third-order valence-electron chi connectivity index (χ3n) is 3.41. The van der Waals surface area contributed by atoms with Crippen LogP contribution in [0, 0.1) is 11.6 Å². The lowest BCUT2D eigenvalue weighted by atomic mass is 10.2. The zero-order chi connectivity index (χ0) is 16.8. The molecular weight excluding hydrogens is 300 g/mol. The molecule has 0 saturated heterocycles. The minimum absolute atomic E-state index is 0.179. The Balaban J connectivity index is 2.09. The number of nitrogens with one attached hydrogen (secondary N) is 1. The summed E-state index contributed by atoms with van der Waals surface area (Å²) in [4.78, 5) is 17.8. The summed E-state index contributed by atoms with van der Waals surface area (Å²) in [6, 6.07) is 6.73. The first-order valence-corrected chi connectivity index (χ1v) is 7.45. The van der Waals surface area contributed by atoms with Gasteiger partial charge in [0.15, 0.2) is 0 Å². The molecule has 0 aliphatic rings. The summed E-state index contributed by atoms with van der Waals surface area (Å²) in [5.41, 5.74) is 0.457. The van der Waals surface area contributed by atoms with E-state index in [1.165, 1.54) is 30.5 Å². The second-order valence-electron chi connectivity index (χ2n) is 5.23. The number of aromatic nitrogens is 1. The lowest BCUT2D eigenvalue weighted by Gasteiger charge is -2.16. The number of rotatable bonds is 6. The molecule has 0 radical (unpaired) electrons. The van der Waals surface area contributed by atoms with Crippen LogP contribution in [-0.2, 0) is 0 Å². The van der Waals surface area contributed by atoms with Crippen molar-refractivity contribution in [3.63, 3.8) is 0 Å². The van der Waals surface area contributed by atoms with Crippen LogP contribution in [-0.4, -0.2) is 29.4 Å². The molecule has 0 spiro atoms. The zero-order valence-electron chi connectivity index (χ0n) is 13.1.